The van der Waals surface area contributed by atoms with E-state index in [1.807, 2.05) is 0 Å². The summed E-state index contributed by atoms with van der Waals surface area (Å²) < 4.78 is 4.97. The molecule has 0 saturated heterocycles. The van der Waals surface area contributed by atoms with Crippen LogP contribution in [0.2, 0.25) is 10.0 Å². The van der Waals surface area contributed by atoms with Gasteiger partial charge in [0.2, 0.25) is 5.91 Å². The van der Waals surface area contributed by atoms with Crippen molar-refractivity contribution in [3.63, 3.8) is 0 Å². The number of hydrogen-bond acceptors (Lipinski definition) is 4. The van der Waals surface area contributed by atoms with Gasteiger partial charge in [-0.05, 0) is 35.4 Å². The first-order valence-electron chi connectivity index (χ1n) is 8.06. The van der Waals surface area contributed by atoms with Crippen molar-refractivity contribution < 1.29 is 19.1 Å². The lowest BCUT2D eigenvalue weighted by molar-refractivity contribution is -0.147. The van der Waals surface area contributed by atoms with Crippen LogP contribution in [0.25, 0.3) is 0 Å². The van der Waals surface area contributed by atoms with E-state index in [4.69, 9.17) is 27.9 Å². The number of carbonyl (C=O) groups is 3. The molecule has 0 bridgehead atoms. The summed E-state index contributed by atoms with van der Waals surface area (Å²) in [5.41, 5.74) is 2.06. The maximum absolute atomic E-state index is 11.8. The van der Waals surface area contributed by atoms with Gasteiger partial charge in [-0.15, -0.1) is 0 Å². The SMILES string of the molecule is CC(=O)Nc1ccc(CC(=O)OCC(=O)NCc2ccc(Cl)cc2Cl)cc1. The van der Waals surface area contributed by atoms with Gasteiger partial charge in [-0.25, -0.2) is 0 Å². The molecule has 2 aromatic carbocycles. The van der Waals surface area contributed by atoms with Crippen LogP contribution in [0.1, 0.15) is 18.1 Å². The van der Waals surface area contributed by atoms with E-state index in [-0.39, 0.29) is 25.5 Å². The molecule has 0 radical (unpaired) electrons. The zero-order chi connectivity index (χ0) is 19.8. The maximum atomic E-state index is 11.8. The van der Waals surface area contributed by atoms with Gasteiger partial charge < -0.3 is 15.4 Å². The Balaban J connectivity index is 1.74. The Morgan fingerprint density at radius 1 is 1.04 bits per heavy atom. The second-order valence-corrected chi connectivity index (χ2v) is 6.57. The van der Waals surface area contributed by atoms with Gasteiger partial charge in [0, 0.05) is 29.2 Å². The number of anilines is 1. The van der Waals surface area contributed by atoms with E-state index >= 15 is 0 Å². The van der Waals surface area contributed by atoms with Crippen LogP contribution >= 0.6 is 23.2 Å². The van der Waals surface area contributed by atoms with Gasteiger partial charge in [-0.1, -0.05) is 41.4 Å². The van der Waals surface area contributed by atoms with Crippen molar-refractivity contribution in [3.8, 4) is 0 Å². The van der Waals surface area contributed by atoms with Crippen molar-refractivity contribution in [2.24, 2.45) is 0 Å². The Labute approximate surface area is 166 Å². The molecule has 8 heteroatoms. The van der Waals surface area contributed by atoms with Crippen molar-refractivity contribution in [1.29, 1.82) is 0 Å². The highest BCUT2D eigenvalue weighted by atomic mass is 35.5. The van der Waals surface area contributed by atoms with Crippen LogP contribution in [-0.4, -0.2) is 24.4 Å². The molecule has 0 aromatic heterocycles. The largest absolute Gasteiger partial charge is 0.455 e. The molecule has 27 heavy (non-hydrogen) atoms. The number of ether oxygens (including phenoxy) is 1. The fourth-order valence-electron chi connectivity index (χ4n) is 2.18. The first-order chi connectivity index (χ1) is 12.8. The number of hydrogen-bond donors (Lipinski definition) is 2. The van der Waals surface area contributed by atoms with Crippen LogP contribution in [0.5, 0.6) is 0 Å². The number of carbonyl (C=O) groups excluding carboxylic acids is 3. The molecule has 0 aliphatic carbocycles. The van der Waals surface area contributed by atoms with Gasteiger partial charge in [0.05, 0.1) is 6.42 Å². The number of halogens is 2. The molecule has 0 unspecified atom stereocenters. The first kappa shape index (κ1) is 20.7. The summed E-state index contributed by atoms with van der Waals surface area (Å²) in [5, 5.41) is 6.21. The molecule has 2 aromatic rings. The van der Waals surface area contributed by atoms with Gasteiger partial charge in [-0.3, -0.25) is 14.4 Å². The zero-order valence-electron chi connectivity index (χ0n) is 14.6. The van der Waals surface area contributed by atoms with Crippen molar-refractivity contribution in [1.82, 2.24) is 5.32 Å². The van der Waals surface area contributed by atoms with Gasteiger partial charge in [-0.2, -0.15) is 0 Å². The minimum absolute atomic E-state index is 0.0244. The normalized spacial score (nSPS) is 10.2. The predicted octanol–water partition coefficient (Wildman–Crippen LogP) is 3.35. The Morgan fingerprint density at radius 3 is 2.37 bits per heavy atom. The molecule has 0 saturated carbocycles. The number of benzene rings is 2. The maximum Gasteiger partial charge on any atom is 0.310 e. The van der Waals surface area contributed by atoms with E-state index in [0.717, 1.165) is 0 Å². The third kappa shape index (κ3) is 7.29. The number of esters is 1. The summed E-state index contributed by atoms with van der Waals surface area (Å²) in [6.07, 6.45) is 0.0244. The second kappa shape index (κ2) is 9.94. The number of rotatable bonds is 7. The molecule has 0 heterocycles. The highest BCUT2D eigenvalue weighted by Crippen LogP contribution is 2.20. The summed E-state index contributed by atoms with van der Waals surface area (Å²) in [6, 6.07) is 11.7. The van der Waals surface area contributed by atoms with Crippen LogP contribution in [0.3, 0.4) is 0 Å². The van der Waals surface area contributed by atoms with Crippen molar-refractivity contribution in [2.75, 3.05) is 11.9 Å². The molecule has 2 amide bonds. The lowest BCUT2D eigenvalue weighted by atomic mass is 10.1. The smallest absolute Gasteiger partial charge is 0.310 e. The second-order valence-electron chi connectivity index (χ2n) is 5.73. The van der Waals surface area contributed by atoms with Gasteiger partial charge in [0.25, 0.3) is 5.91 Å². The summed E-state index contributed by atoms with van der Waals surface area (Å²) in [6.45, 7) is 1.24. The monoisotopic (exact) mass is 408 g/mol. The molecule has 0 spiro atoms. The average Bonchev–Trinajstić information content (AvgIpc) is 2.60. The van der Waals surface area contributed by atoms with E-state index < -0.39 is 11.9 Å². The molecule has 0 atom stereocenters. The molecular weight excluding hydrogens is 391 g/mol. The van der Waals surface area contributed by atoms with E-state index in [2.05, 4.69) is 10.6 Å². The van der Waals surface area contributed by atoms with Crippen LogP contribution in [0, 0.1) is 0 Å². The van der Waals surface area contributed by atoms with Crippen LogP contribution in [-0.2, 0) is 32.1 Å². The summed E-state index contributed by atoms with van der Waals surface area (Å²) in [7, 11) is 0. The Morgan fingerprint density at radius 2 is 1.74 bits per heavy atom. The number of nitrogens with one attached hydrogen (secondary N) is 2. The average molecular weight is 409 g/mol. The quantitative estimate of drug-likeness (QED) is 0.687. The topological polar surface area (TPSA) is 84.5 Å². The summed E-state index contributed by atoms with van der Waals surface area (Å²) in [4.78, 5) is 34.6. The lowest BCUT2D eigenvalue weighted by Crippen LogP contribution is -2.28. The van der Waals surface area contributed by atoms with Crippen LogP contribution in [0.15, 0.2) is 42.5 Å². The molecule has 2 rings (SSSR count). The Kier molecular flexibility index (Phi) is 7.64. The minimum Gasteiger partial charge on any atom is -0.455 e. The Hall–Kier alpha value is -2.57. The molecule has 0 aliphatic rings. The zero-order valence-corrected chi connectivity index (χ0v) is 16.1. The molecular formula is C19H18Cl2N2O4. The number of amides is 2. The molecule has 0 aliphatic heterocycles. The highest BCUT2D eigenvalue weighted by molar-refractivity contribution is 6.35. The first-order valence-corrected chi connectivity index (χ1v) is 8.82. The molecule has 142 valence electrons. The third-order valence-corrected chi connectivity index (χ3v) is 4.07. The van der Waals surface area contributed by atoms with E-state index in [1.54, 1.807) is 42.5 Å². The summed E-state index contributed by atoms with van der Waals surface area (Å²) in [5.74, 6) is -1.13. The van der Waals surface area contributed by atoms with Crippen molar-refractivity contribution in [2.45, 2.75) is 19.9 Å². The van der Waals surface area contributed by atoms with Crippen LogP contribution < -0.4 is 10.6 Å². The predicted molar refractivity (Wildman–Crippen MR) is 104 cm³/mol. The van der Waals surface area contributed by atoms with Gasteiger partial charge in [0.15, 0.2) is 6.61 Å². The Bertz CT molecular complexity index is 838. The fourth-order valence-corrected chi connectivity index (χ4v) is 2.66. The third-order valence-electron chi connectivity index (χ3n) is 3.48. The van der Waals surface area contributed by atoms with E-state index in [0.29, 0.717) is 26.9 Å². The fraction of sp³-hybridized carbons (Fsp3) is 0.211. The van der Waals surface area contributed by atoms with Crippen LogP contribution in [0.4, 0.5) is 5.69 Å². The summed E-state index contributed by atoms with van der Waals surface area (Å²) >= 11 is 11.8. The molecule has 0 fully saturated rings. The minimum atomic E-state index is -0.526. The van der Waals surface area contributed by atoms with Gasteiger partial charge >= 0.3 is 5.97 Å². The molecule has 2 N–H and O–H groups in total. The highest BCUT2D eigenvalue weighted by Gasteiger charge is 2.10. The lowest BCUT2D eigenvalue weighted by Gasteiger charge is -2.08. The van der Waals surface area contributed by atoms with Crippen molar-refractivity contribution in [3.05, 3.63) is 63.6 Å². The van der Waals surface area contributed by atoms with E-state index in [9.17, 15) is 14.4 Å². The standard InChI is InChI=1S/C19H18Cl2N2O4/c1-12(24)23-16-6-2-13(3-7-16)8-19(26)27-11-18(25)22-10-14-4-5-15(20)9-17(14)21/h2-7,9H,8,10-11H2,1H3,(H,22,25)(H,23,24). The molecule has 6 nitrogen and oxygen atoms in total. The van der Waals surface area contributed by atoms with Gasteiger partial charge in [0.1, 0.15) is 0 Å². The van der Waals surface area contributed by atoms with Crippen molar-refractivity contribution >= 4 is 46.7 Å². The van der Waals surface area contributed by atoms with E-state index in [1.165, 1.54) is 6.92 Å².